The van der Waals surface area contributed by atoms with E-state index >= 15 is 0 Å². The third-order valence-electron chi connectivity index (χ3n) is 1.60. The molecule has 0 aliphatic rings. The molecule has 14 heavy (non-hydrogen) atoms. The highest BCUT2D eigenvalue weighted by Crippen LogP contribution is 2.28. The first-order valence-corrected chi connectivity index (χ1v) is 6.14. The Morgan fingerprint density at radius 3 is 2.36 bits per heavy atom. The summed E-state index contributed by atoms with van der Waals surface area (Å²) in [6.07, 6.45) is 4.67. The number of hydrogen-bond acceptors (Lipinski definition) is 0. The van der Waals surface area contributed by atoms with E-state index in [9.17, 15) is 4.39 Å². The lowest BCUT2D eigenvalue weighted by molar-refractivity contribution is 0.626. The zero-order valence-corrected chi connectivity index (χ0v) is 11.2. The standard InChI is InChI=1S/C10H8Br2ClF/c11-9-5-7(14)6-10(12)8(9)3-1-2-4-13/h1,3,5-6H,2,4H2. The number of halogens is 4. The van der Waals surface area contributed by atoms with Gasteiger partial charge in [-0.25, -0.2) is 4.39 Å². The van der Waals surface area contributed by atoms with Gasteiger partial charge in [-0.2, -0.15) is 0 Å². The summed E-state index contributed by atoms with van der Waals surface area (Å²) in [7, 11) is 0. The Labute approximate surface area is 104 Å². The maximum absolute atomic E-state index is 12.9. The van der Waals surface area contributed by atoms with E-state index in [1.807, 2.05) is 12.2 Å². The third kappa shape index (κ3) is 3.37. The Balaban J connectivity index is 2.96. The molecule has 0 saturated heterocycles. The number of hydrogen-bond donors (Lipinski definition) is 0. The molecule has 0 nitrogen and oxygen atoms in total. The second-order valence-corrected chi connectivity index (χ2v) is 4.75. The molecule has 0 atom stereocenters. The van der Waals surface area contributed by atoms with Crippen molar-refractivity contribution in [1.82, 2.24) is 0 Å². The van der Waals surface area contributed by atoms with Gasteiger partial charge in [0.05, 0.1) is 0 Å². The molecule has 0 spiro atoms. The number of allylic oxidation sites excluding steroid dienone is 1. The van der Waals surface area contributed by atoms with Crippen molar-refractivity contribution in [3.63, 3.8) is 0 Å². The first-order chi connectivity index (χ1) is 6.65. The molecule has 0 saturated carbocycles. The van der Waals surface area contributed by atoms with Crippen LogP contribution in [0.15, 0.2) is 27.2 Å². The van der Waals surface area contributed by atoms with Crippen molar-refractivity contribution in [2.75, 3.05) is 5.88 Å². The second-order valence-electron chi connectivity index (χ2n) is 2.66. The number of alkyl halides is 1. The van der Waals surface area contributed by atoms with Gasteiger partial charge in [0.1, 0.15) is 5.82 Å². The Hall–Kier alpha value is 0.140. The molecule has 0 amide bonds. The predicted molar refractivity (Wildman–Crippen MR) is 66.2 cm³/mol. The van der Waals surface area contributed by atoms with Gasteiger partial charge < -0.3 is 0 Å². The van der Waals surface area contributed by atoms with Crippen LogP contribution >= 0.6 is 43.5 Å². The van der Waals surface area contributed by atoms with Crippen LogP contribution in [0.5, 0.6) is 0 Å². The topological polar surface area (TPSA) is 0 Å². The fourth-order valence-electron chi connectivity index (χ4n) is 0.977. The van der Waals surface area contributed by atoms with Crippen LogP contribution in [0.3, 0.4) is 0 Å². The fourth-order valence-corrected chi connectivity index (χ4v) is 2.50. The summed E-state index contributed by atoms with van der Waals surface area (Å²) in [5.41, 5.74) is 0.927. The van der Waals surface area contributed by atoms with Gasteiger partial charge in [-0.3, -0.25) is 0 Å². The van der Waals surface area contributed by atoms with Crippen molar-refractivity contribution in [3.05, 3.63) is 38.5 Å². The molecule has 0 heterocycles. The molecule has 1 rings (SSSR count). The summed E-state index contributed by atoms with van der Waals surface area (Å²) < 4.78 is 14.4. The van der Waals surface area contributed by atoms with Crippen LogP contribution in [0, 0.1) is 5.82 Å². The van der Waals surface area contributed by atoms with Gasteiger partial charge >= 0.3 is 0 Å². The lowest BCUT2D eigenvalue weighted by Gasteiger charge is -2.02. The first kappa shape index (κ1) is 12.2. The van der Waals surface area contributed by atoms with Crippen LogP contribution in [0.2, 0.25) is 0 Å². The van der Waals surface area contributed by atoms with Crippen LogP contribution in [0.4, 0.5) is 4.39 Å². The molecule has 0 aliphatic carbocycles. The third-order valence-corrected chi connectivity index (χ3v) is 3.13. The summed E-state index contributed by atoms with van der Waals surface area (Å²) in [4.78, 5) is 0. The fraction of sp³-hybridized carbons (Fsp3) is 0.200. The van der Waals surface area contributed by atoms with Gasteiger partial charge in [0, 0.05) is 20.4 Å². The Morgan fingerprint density at radius 2 is 1.86 bits per heavy atom. The van der Waals surface area contributed by atoms with Crippen molar-refractivity contribution in [2.24, 2.45) is 0 Å². The van der Waals surface area contributed by atoms with Crippen molar-refractivity contribution >= 4 is 49.5 Å². The highest BCUT2D eigenvalue weighted by Gasteiger charge is 2.03. The molecule has 76 valence electrons. The monoisotopic (exact) mass is 340 g/mol. The zero-order chi connectivity index (χ0) is 10.6. The zero-order valence-electron chi connectivity index (χ0n) is 7.24. The van der Waals surface area contributed by atoms with Gasteiger partial charge in [-0.05, 0) is 18.6 Å². The molecule has 1 aromatic carbocycles. The molecule has 0 unspecified atom stereocenters. The van der Waals surface area contributed by atoms with Crippen molar-refractivity contribution in [3.8, 4) is 0 Å². The van der Waals surface area contributed by atoms with Crippen molar-refractivity contribution in [2.45, 2.75) is 6.42 Å². The van der Waals surface area contributed by atoms with E-state index in [1.54, 1.807) is 0 Å². The van der Waals surface area contributed by atoms with E-state index in [0.717, 1.165) is 20.9 Å². The minimum Gasteiger partial charge on any atom is -0.207 e. The van der Waals surface area contributed by atoms with E-state index in [-0.39, 0.29) is 5.82 Å². The molecule has 1 aromatic rings. The van der Waals surface area contributed by atoms with E-state index in [2.05, 4.69) is 31.9 Å². The molecule has 0 fully saturated rings. The van der Waals surface area contributed by atoms with Gasteiger partial charge in [-0.15, -0.1) is 11.6 Å². The maximum Gasteiger partial charge on any atom is 0.125 e. The van der Waals surface area contributed by atoms with E-state index in [0.29, 0.717) is 5.88 Å². The molecule has 4 heteroatoms. The summed E-state index contributed by atoms with van der Waals surface area (Å²) in [5.74, 6) is 0.325. The lowest BCUT2D eigenvalue weighted by Crippen LogP contribution is -1.82. The van der Waals surface area contributed by atoms with Crippen LogP contribution in [-0.4, -0.2) is 5.88 Å². The highest BCUT2D eigenvalue weighted by atomic mass is 79.9. The average Bonchev–Trinajstić information content (AvgIpc) is 2.09. The predicted octanol–water partition coefficient (Wildman–Crippen LogP) is 4.99. The smallest absolute Gasteiger partial charge is 0.125 e. The Kier molecular flexibility index (Phi) is 5.13. The minimum absolute atomic E-state index is 0.266. The normalized spacial score (nSPS) is 11.1. The number of rotatable bonds is 3. The van der Waals surface area contributed by atoms with Crippen molar-refractivity contribution in [1.29, 1.82) is 0 Å². The van der Waals surface area contributed by atoms with Crippen LogP contribution < -0.4 is 0 Å². The summed E-state index contributed by atoms with van der Waals surface area (Å²) >= 11 is 12.1. The van der Waals surface area contributed by atoms with Crippen molar-refractivity contribution < 1.29 is 4.39 Å². The van der Waals surface area contributed by atoms with Gasteiger partial charge in [0.2, 0.25) is 0 Å². The van der Waals surface area contributed by atoms with Gasteiger partial charge in [0.25, 0.3) is 0 Å². The first-order valence-electron chi connectivity index (χ1n) is 4.02. The molecule has 0 aromatic heterocycles. The van der Waals surface area contributed by atoms with E-state index < -0.39 is 0 Å². The van der Waals surface area contributed by atoms with Crippen LogP contribution in [0.25, 0.3) is 6.08 Å². The van der Waals surface area contributed by atoms with Gasteiger partial charge in [0.15, 0.2) is 0 Å². The average molecular weight is 342 g/mol. The van der Waals surface area contributed by atoms with Crippen LogP contribution in [-0.2, 0) is 0 Å². The van der Waals surface area contributed by atoms with Crippen LogP contribution in [0.1, 0.15) is 12.0 Å². The number of benzene rings is 1. The SMILES string of the molecule is Fc1cc(Br)c(C=CCCCl)c(Br)c1. The molecule has 0 N–H and O–H groups in total. The highest BCUT2D eigenvalue weighted by molar-refractivity contribution is 9.11. The molecule has 0 aliphatic heterocycles. The summed E-state index contributed by atoms with van der Waals surface area (Å²) in [6, 6.07) is 2.87. The van der Waals surface area contributed by atoms with E-state index in [4.69, 9.17) is 11.6 Å². The molecular weight excluding hydrogens is 334 g/mol. The summed E-state index contributed by atoms with van der Waals surface area (Å²) in [5, 5.41) is 0. The second kappa shape index (κ2) is 5.89. The molecular formula is C10H8Br2ClF. The Bertz CT molecular complexity index is 327. The largest absolute Gasteiger partial charge is 0.207 e. The maximum atomic E-state index is 12.9. The Morgan fingerprint density at radius 1 is 1.29 bits per heavy atom. The minimum atomic E-state index is -0.266. The molecule has 0 bridgehead atoms. The quantitative estimate of drug-likeness (QED) is 0.679. The lowest BCUT2D eigenvalue weighted by atomic mass is 10.2. The van der Waals surface area contributed by atoms with E-state index in [1.165, 1.54) is 12.1 Å². The summed E-state index contributed by atoms with van der Waals surface area (Å²) in [6.45, 7) is 0. The van der Waals surface area contributed by atoms with Gasteiger partial charge in [-0.1, -0.05) is 44.0 Å². The molecule has 0 radical (unpaired) electrons.